The van der Waals surface area contributed by atoms with E-state index in [9.17, 15) is 0 Å². The third-order valence-electron chi connectivity index (χ3n) is 6.89. The van der Waals surface area contributed by atoms with Crippen LogP contribution in [0.1, 0.15) is 65.2 Å². The first-order valence-electron chi connectivity index (χ1n) is 14.0. The molecule has 1 aliphatic rings. The minimum atomic E-state index is -0.103. The molecule has 4 rings (SSSR count). The van der Waals surface area contributed by atoms with E-state index in [-0.39, 0.29) is 11.5 Å². The highest BCUT2D eigenvalue weighted by Gasteiger charge is 2.24. The maximum Gasteiger partial charge on any atom is 0.161 e. The molecule has 1 atom stereocenters. The Morgan fingerprint density at radius 1 is 0.949 bits per heavy atom. The Balaban J connectivity index is 0.000000815. The first kappa shape index (κ1) is 31.7. The lowest BCUT2D eigenvalue weighted by molar-refractivity contribution is 0.101. The summed E-state index contributed by atoms with van der Waals surface area (Å²) < 4.78 is 11.7. The Kier molecular flexibility index (Phi) is 12.9. The highest BCUT2D eigenvalue weighted by molar-refractivity contribution is 5.54. The van der Waals surface area contributed by atoms with E-state index in [4.69, 9.17) is 9.47 Å². The smallest absolute Gasteiger partial charge is 0.161 e. The second-order valence-corrected chi connectivity index (χ2v) is 9.90. The molecule has 1 aliphatic heterocycles. The third kappa shape index (κ3) is 8.76. The van der Waals surface area contributed by atoms with Gasteiger partial charge in [-0.3, -0.25) is 0 Å². The Morgan fingerprint density at radius 3 is 2.08 bits per heavy atom. The number of rotatable bonds is 8. The summed E-state index contributed by atoms with van der Waals surface area (Å²) in [5.74, 6) is 0.988. The zero-order chi connectivity index (χ0) is 28.8. The number of hydrogen-bond donors (Lipinski definition) is 0. The van der Waals surface area contributed by atoms with Crippen LogP contribution in [0.4, 0.5) is 11.4 Å². The number of anilines is 2. The van der Waals surface area contributed by atoms with Gasteiger partial charge in [-0.2, -0.15) is 0 Å². The summed E-state index contributed by atoms with van der Waals surface area (Å²) in [6, 6.07) is 25.9. The van der Waals surface area contributed by atoms with E-state index in [0.717, 1.165) is 18.0 Å². The fourth-order valence-electron chi connectivity index (χ4n) is 4.10. The number of nitrogens with zero attached hydrogens (tertiary/aromatic N) is 2. The molecule has 0 aromatic heterocycles. The molecule has 0 saturated heterocycles. The normalized spacial score (nSPS) is 13.2. The summed E-state index contributed by atoms with van der Waals surface area (Å²) >= 11 is 0. The fraction of sp³-hybridized carbons (Fsp3) is 0.371. The third-order valence-corrected chi connectivity index (χ3v) is 6.89. The van der Waals surface area contributed by atoms with Gasteiger partial charge in [0.1, 0.15) is 12.5 Å². The quantitative estimate of drug-likeness (QED) is 0.215. The highest BCUT2D eigenvalue weighted by atomic mass is 16.5. The molecule has 1 heterocycles. The molecule has 0 bridgehead atoms. The van der Waals surface area contributed by atoms with Crippen molar-refractivity contribution >= 4 is 11.4 Å². The first-order valence-corrected chi connectivity index (χ1v) is 14.0. The molecule has 0 saturated carbocycles. The van der Waals surface area contributed by atoms with Gasteiger partial charge in [-0.05, 0) is 62.2 Å². The Morgan fingerprint density at radius 2 is 1.51 bits per heavy atom. The minimum absolute atomic E-state index is 0.0415. The summed E-state index contributed by atoms with van der Waals surface area (Å²) in [6.07, 6.45) is 5.85. The zero-order valence-corrected chi connectivity index (χ0v) is 25.3. The lowest BCUT2D eigenvalue weighted by atomic mass is 9.78. The van der Waals surface area contributed by atoms with Crippen molar-refractivity contribution in [1.29, 1.82) is 0 Å². The van der Waals surface area contributed by atoms with Gasteiger partial charge in [0.2, 0.25) is 0 Å². The van der Waals surface area contributed by atoms with E-state index < -0.39 is 0 Å². The molecule has 1 unspecified atom stereocenters. The zero-order valence-electron chi connectivity index (χ0n) is 25.3. The van der Waals surface area contributed by atoms with Crippen LogP contribution in [0.3, 0.4) is 0 Å². The lowest BCUT2D eigenvalue weighted by Crippen LogP contribution is -2.31. The predicted octanol–water partition coefficient (Wildman–Crippen LogP) is 8.96. The van der Waals surface area contributed by atoms with Crippen molar-refractivity contribution in [2.45, 2.75) is 66.5 Å². The van der Waals surface area contributed by atoms with Gasteiger partial charge >= 0.3 is 0 Å². The van der Waals surface area contributed by atoms with Crippen molar-refractivity contribution in [3.05, 3.63) is 114 Å². The van der Waals surface area contributed by atoms with Gasteiger partial charge in [0, 0.05) is 35.9 Å². The van der Waals surface area contributed by atoms with Gasteiger partial charge in [-0.15, -0.1) is 6.58 Å². The van der Waals surface area contributed by atoms with Crippen LogP contribution in [-0.4, -0.2) is 26.6 Å². The molecule has 3 aromatic carbocycles. The van der Waals surface area contributed by atoms with Crippen molar-refractivity contribution < 1.29 is 9.47 Å². The molecule has 0 fully saturated rings. The minimum Gasteiger partial charge on any atom is -0.473 e. The molecular weight excluding hydrogens is 480 g/mol. The number of ether oxygens (including phenoxy) is 2. The fourth-order valence-corrected chi connectivity index (χ4v) is 4.10. The van der Waals surface area contributed by atoms with E-state index in [1.807, 2.05) is 72.0 Å². The van der Waals surface area contributed by atoms with Crippen LogP contribution in [0, 0.1) is 0 Å². The van der Waals surface area contributed by atoms with Crippen molar-refractivity contribution in [2.75, 3.05) is 30.3 Å². The van der Waals surface area contributed by atoms with E-state index >= 15 is 0 Å². The van der Waals surface area contributed by atoms with E-state index in [0.29, 0.717) is 13.5 Å². The average molecular weight is 529 g/mol. The second kappa shape index (κ2) is 15.8. The van der Waals surface area contributed by atoms with E-state index in [1.54, 1.807) is 0 Å². The SMILES string of the molecule is C/C=C\C.C=CC(C)OCN(C)c1ccc(C(C)(C)c2ccc(N3COc4ccccc4C3)cc2)cc1.CC. The number of fused-ring (bicyclic) bond motifs is 1. The van der Waals surface area contributed by atoms with Gasteiger partial charge in [-0.1, -0.05) is 88.4 Å². The van der Waals surface area contributed by atoms with E-state index in [2.05, 4.69) is 90.9 Å². The molecule has 0 aliphatic carbocycles. The second-order valence-electron chi connectivity index (χ2n) is 9.90. The average Bonchev–Trinajstić information content (AvgIpc) is 3.00. The Bertz CT molecular complexity index is 1150. The van der Waals surface area contributed by atoms with Crippen LogP contribution in [0.5, 0.6) is 5.75 Å². The predicted molar refractivity (Wildman–Crippen MR) is 169 cm³/mol. The molecule has 0 N–H and O–H groups in total. The molecule has 0 radical (unpaired) electrons. The molecule has 3 aromatic rings. The molecular formula is C35H48N2O2. The summed E-state index contributed by atoms with van der Waals surface area (Å²) in [6.45, 7) is 20.3. The number of benzene rings is 3. The van der Waals surface area contributed by atoms with Gasteiger partial charge in [-0.25, -0.2) is 0 Å². The number of hydrogen-bond acceptors (Lipinski definition) is 4. The van der Waals surface area contributed by atoms with Crippen LogP contribution < -0.4 is 14.5 Å². The topological polar surface area (TPSA) is 24.9 Å². The van der Waals surface area contributed by atoms with Crippen LogP contribution in [0.2, 0.25) is 0 Å². The maximum absolute atomic E-state index is 5.93. The standard InChI is InChI=1S/C29H34N2O2.C4H8.C2H6/c1-6-22(2)32-20-30(5)26-15-11-24(12-16-26)29(3,4)25-13-17-27(18-14-25)31-19-23-9-7-8-10-28(23)33-21-31;1-3-4-2;1-2/h6-18,22H,1,19-21H2,2-5H3;3-4H,1-2H3;1-2H3/b;4-3-;. The van der Waals surface area contributed by atoms with Crippen LogP contribution >= 0.6 is 0 Å². The van der Waals surface area contributed by atoms with Gasteiger partial charge in [0.05, 0.1) is 6.10 Å². The molecule has 39 heavy (non-hydrogen) atoms. The summed E-state index contributed by atoms with van der Waals surface area (Å²) in [7, 11) is 2.04. The number of allylic oxidation sites excluding steroid dienone is 2. The molecule has 0 spiro atoms. The molecule has 0 amide bonds. The lowest BCUT2D eigenvalue weighted by Gasteiger charge is -2.32. The highest BCUT2D eigenvalue weighted by Crippen LogP contribution is 2.34. The summed E-state index contributed by atoms with van der Waals surface area (Å²) in [4.78, 5) is 4.36. The monoisotopic (exact) mass is 528 g/mol. The van der Waals surface area contributed by atoms with Gasteiger partial charge in [0.15, 0.2) is 6.73 Å². The number of para-hydroxylation sites is 1. The van der Waals surface area contributed by atoms with Crippen LogP contribution in [0.25, 0.3) is 0 Å². The van der Waals surface area contributed by atoms with Crippen molar-refractivity contribution in [2.24, 2.45) is 0 Å². The molecule has 4 heteroatoms. The molecule has 210 valence electrons. The van der Waals surface area contributed by atoms with Crippen LogP contribution in [-0.2, 0) is 16.7 Å². The van der Waals surface area contributed by atoms with E-state index in [1.165, 1.54) is 22.4 Å². The Labute approximate surface area is 237 Å². The Hall–Kier alpha value is -3.50. The van der Waals surface area contributed by atoms with Crippen molar-refractivity contribution in [3.63, 3.8) is 0 Å². The van der Waals surface area contributed by atoms with Crippen molar-refractivity contribution in [1.82, 2.24) is 0 Å². The maximum atomic E-state index is 5.93. The molecule has 4 nitrogen and oxygen atoms in total. The van der Waals surface area contributed by atoms with Gasteiger partial charge < -0.3 is 19.3 Å². The summed E-state index contributed by atoms with van der Waals surface area (Å²) in [5.41, 5.74) is 6.00. The summed E-state index contributed by atoms with van der Waals surface area (Å²) in [5, 5.41) is 0. The first-order chi connectivity index (χ1) is 18.8. The van der Waals surface area contributed by atoms with Crippen molar-refractivity contribution in [3.8, 4) is 5.75 Å². The van der Waals surface area contributed by atoms with Gasteiger partial charge in [0.25, 0.3) is 0 Å². The van der Waals surface area contributed by atoms with Crippen LogP contribution in [0.15, 0.2) is 97.6 Å². The largest absolute Gasteiger partial charge is 0.473 e.